The molecule has 2 aromatic rings. The quantitative estimate of drug-likeness (QED) is 0.339. The highest BCUT2D eigenvalue weighted by molar-refractivity contribution is 8.26. The van der Waals surface area contributed by atoms with Gasteiger partial charge in [-0.2, -0.15) is 0 Å². The second-order valence-corrected chi connectivity index (χ2v) is 9.88. The number of carbonyl (C=O) groups is 2. The fourth-order valence-corrected chi connectivity index (χ4v) is 4.24. The van der Waals surface area contributed by atoms with Crippen LogP contribution in [0, 0.1) is 0 Å². The van der Waals surface area contributed by atoms with Gasteiger partial charge in [-0.15, -0.1) is 0 Å². The minimum atomic E-state index is -1.11. The SMILES string of the molecule is CC(C)(C)c1ccc(OCCOc2cccc(/C=C3\SC(=S)N(CC(=O)O)C3=O)c2)cc1. The van der Waals surface area contributed by atoms with Crippen LogP contribution in [0.4, 0.5) is 0 Å². The van der Waals surface area contributed by atoms with E-state index < -0.39 is 18.4 Å². The monoisotopic (exact) mass is 471 g/mol. The third-order valence-electron chi connectivity index (χ3n) is 4.66. The Morgan fingerprint density at radius 1 is 1.09 bits per heavy atom. The lowest BCUT2D eigenvalue weighted by Gasteiger charge is -2.19. The molecule has 0 radical (unpaired) electrons. The summed E-state index contributed by atoms with van der Waals surface area (Å²) in [6, 6.07) is 15.4. The largest absolute Gasteiger partial charge is 0.490 e. The van der Waals surface area contributed by atoms with Gasteiger partial charge in [-0.25, -0.2) is 0 Å². The first kappa shape index (κ1) is 23.8. The maximum atomic E-state index is 12.4. The first-order valence-electron chi connectivity index (χ1n) is 10.1. The molecule has 32 heavy (non-hydrogen) atoms. The summed E-state index contributed by atoms with van der Waals surface area (Å²) in [5.74, 6) is -0.0740. The molecule has 0 unspecified atom stereocenters. The molecular weight excluding hydrogens is 446 g/mol. The number of benzene rings is 2. The van der Waals surface area contributed by atoms with Gasteiger partial charge in [-0.1, -0.05) is 69.0 Å². The zero-order chi connectivity index (χ0) is 23.3. The molecule has 8 heteroatoms. The number of hydrogen-bond donors (Lipinski definition) is 1. The highest BCUT2D eigenvalue weighted by Gasteiger charge is 2.33. The number of nitrogens with zero attached hydrogens (tertiary/aromatic N) is 1. The summed E-state index contributed by atoms with van der Waals surface area (Å²) in [7, 11) is 0. The Kier molecular flexibility index (Phi) is 7.58. The van der Waals surface area contributed by atoms with Gasteiger partial charge >= 0.3 is 5.97 Å². The maximum absolute atomic E-state index is 12.4. The smallest absolute Gasteiger partial charge is 0.323 e. The molecule has 0 aliphatic carbocycles. The Balaban J connectivity index is 1.54. The fourth-order valence-electron chi connectivity index (χ4n) is 2.99. The summed E-state index contributed by atoms with van der Waals surface area (Å²) in [6.45, 7) is 6.83. The summed E-state index contributed by atoms with van der Waals surface area (Å²) in [5, 5.41) is 8.93. The minimum Gasteiger partial charge on any atom is -0.490 e. The molecule has 1 amide bonds. The van der Waals surface area contributed by atoms with E-state index in [1.807, 2.05) is 36.4 Å². The van der Waals surface area contributed by atoms with E-state index in [0.29, 0.717) is 23.9 Å². The third-order valence-corrected chi connectivity index (χ3v) is 6.04. The molecule has 0 atom stereocenters. The van der Waals surface area contributed by atoms with Crippen LogP contribution in [0.5, 0.6) is 11.5 Å². The average Bonchev–Trinajstić information content (AvgIpc) is 2.98. The van der Waals surface area contributed by atoms with Crippen molar-refractivity contribution in [1.29, 1.82) is 0 Å². The van der Waals surface area contributed by atoms with E-state index in [9.17, 15) is 9.59 Å². The van der Waals surface area contributed by atoms with Crippen molar-refractivity contribution in [3.63, 3.8) is 0 Å². The Morgan fingerprint density at radius 2 is 1.75 bits per heavy atom. The lowest BCUT2D eigenvalue weighted by atomic mass is 9.87. The predicted molar refractivity (Wildman–Crippen MR) is 130 cm³/mol. The van der Waals surface area contributed by atoms with Gasteiger partial charge in [-0.05, 0) is 46.9 Å². The van der Waals surface area contributed by atoms with Gasteiger partial charge in [0.05, 0.1) is 4.91 Å². The molecule has 6 nitrogen and oxygen atoms in total. The van der Waals surface area contributed by atoms with Crippen LogP contribution in [-0.4, -0.2) is 46.0 Å². The van der Waals surface area contributed by atoms with Crippen LogP contribution in [0.3, 0.4) is 0 Å². The normalized spacial score (nSPS) is 15.3. The number of carbonyl (C=O) groups excluding carboxylic acids is 1. The van der Waals surface area contributed by atoms with Gasteiger partial charge in [0.15, 0.2) is 0 Å². The standard InChI is InChI=1S/C24H25NO5S2/c1-24(2,3)17-7-9-18(10-8-17)29-11-12-30-19-6-4-5-16(13-19)14-20-22(28)25(15-21(26)27)23(31)32-20/h4-10,13-14H,11-12,15H2,1-3H3,(H,26,27)/b20-14-. The number of carboxylic acids is 1. The molecular formula is C24H25NO5S2. The fraction of sp³-hybridized carbons (Fsp3) is 0.292. The molecule has 168 valence electrons. The van der Waals surface area contributed by atoms with Gasteiger partial charge in [-0.3, -0.25) is 14.5 Å². The molecule has 0 saturated carbocycles. The van der Waals surface area contributed by atoms with Crippen molar-refractivity contribution in [1.82, 2.24) is 4.90 Å². The highest BCUT2D eigenvalue weighted by Crippen LogP contribution is 2.32. The van der Waals surface area contributed by atoms with Crippen molar-refractivity contribution >= 4 is 46.3 Å². The zero-order valence-electron chi connectivity index (χ0n) is 18.2. The third kappa shape index (κ3) is 6.34. The number of hydrogen-bond acceptors (Lipinski definition) is 6. The Morgan fingerprint density at radius 3 is 2.38 bits per heavy atom. The number of ether oxygens (including phenoxy) is 2. The van der Waals surface area contributed by atoms with E-state index >= 15 is 0 Å². The molecule has 1 fully saturated rings. The van der Waals surface area contributed by atoms with Gasteiger partial charge in [0.25, 0.3) is 5.91 Å². The van der Waals surface area contributed by atoms with Crippen LogP contribution in [0.25, 0.3) is 6.08 Å². The van der Waals surface area contributed by atoms with Crippen LogP contribution in [0.15, 0.2) is 53.4 Å². The van der Waals surface area contributed by atoms with Crippen molar-refractivity contribution in [2.24, 2.45) is 0 Å². The van der Waals surface area contributed by atoms with Crippen LogP contribution in [-0.2, 0) is 15.0 Å². The molecule has 1 aliphatic rings. The zero-order valence-corrected chi connectivity index (χ0v) is 19.8. The lowest BCUT2D eigenvalue weighted by Crippen LogP contribution is -2.33. The van der Waals surface area contributed by atoms with Crippen LogP contribution < -0.4 is 9.47 Å². The topological polar surface area (TPSA) is 76.1 Å². The minimum absolute atomic E-state index is 0.100. The second kappa shape index (κ2) is 10.2. The molecule has 0 aromatic heterocycles. The van der Waals surface area contributed by atoms with E-state index in [2.05, 4.69) is 32.9 Å². The first-order valence-corrected chi connectivity index (χ1v) is 11.3. The molecule has 1 N–H and O–H groups in total. The Hall–Kier alpha value is -2.84. The molecule has 1 saturated heterocycles. The van der Waals surface area contributed by atoms with Crippen LogP contribution in [0.1, 0.15) is 31.9 Å². The summed E-state index contributed by atoms with van der Waals surface area (Å²) in [5.41, 5.74) is 2.11. The lowest BCUT2D eigenvalue weighted by molar-refractivity contribution is -0.140. The van der Waals surface area contributed by atoms with Crippen molar-refractivity contribution in [3.05, 3.63) is 64.6 Å². The summed E-state index contributed by atoms with van der Waals surface area (Å²) < 4.78 is 11.8. The summed E-state index contributed by atoms with van der Waals surface area (Å²) in [4.78, 5) is 24.8. The maximum Gasteiger partial charge on any atom is 0.323 e. The first-order chi connectivity index (χ1) is 15.1. The van der Waals surface area contributed by atoms with Gasteiger partial charge in [0.2, 0.25) is 0 Å². The van der Waals surface area contributed by atoms with Gasteiger partial charge in [0, 0.05) is 0 Å². The Labute approximate surface area is 197 Å². The summed E-state index contributed by atoms with van der Waals surface area (Å²) in [6.07, 6.45) is 1.68. The molecule has 0 spiro atoms. The molecule has 1 heterocycles. The number of aliphatic carboxylic acids is 1. The average molecular weight is 472 g/mol. The molecule has 3 rings (SSSR count). The van der Waals surface area contributed by atoms with E-state index in [4.69, 9.17) is 26.8 Å². The Bertz CT molecular complexity index is 1040. The number of rotatable bonds is 8. The van der Waals surface area contributed by atoms with Crippen molar-refractivity contribution < 1.29 is 24.2 Å². The van der Waals surface area contributed by atoms with E-state index in [-0.39, 0.29) is 9.74 Å². The van der Waals surface area contributed by atoms with Crippen molar-refractivity contribution in [3.8, 4) is 11.5 Å². The molecule has 0 bridgehead atoms. The predicted octanol–water partition coefficient (Wildman–Crippen LogP) is 4.73. The van der Waals surface area contributed by atoms with Gasteiger partial charge in [0.1, 0.15) is 35.6 Å². The number of thiocarbonyl (C=S) groups is 1. The number of carboxylic acid groups (broad SMARTS) is 1. The second-order valence-electron chi connectivity index (χ2n) is 8.21. The van der Waals surface area contributed by atoms with E-state index in [0.717, 1.165) is 28.0 Å². The number of amides is 1. The molecule has 1 aliphatic heterocycles. The molecule has 2 aromatic carbocycles. The van der Waals surface area contributed by atoms with Crippen molar-refractivity contribution in [2.45, 2.75) is 26.2 Å². The van der Waals surface area contributed by atoms with Crippen LogP contribution in [0.2, 0.25) is 0 Å². The summed E-state index contributed by atoms with van der Waals surface area (Å²) >= 11 is 6.21. The highest BCUT2D eigenvalue weighted by atomic mass is 32.2. The van der Waals surface area contributed by atoms with Gasteiger partial charge < -0.3 is 14.6 Å². The van der Waals surface area contributed by atoms with E-state index in [1.54, 1.807) is 6.08 Å². The number of thioether (sulfide) groups is 1. The van der Waals surface area contributed by atoms with Crippen LogP contribution >= 0.6 is 24.0 Å². The van der Waals surface area contributed by atoms with Crippen molar-refractivity contribution in [2.75, 3.05) is 19.8 Å². The van der Waals surface area contributed by atoms with E-state index in [1.165, 1.54) is 5.56 Å².